The van der Waals surface area contributed by atoms with Crippen LogP contribution in [0.3, 0.4) is 0 Å². The predicted molar refractivity (Wildman–Crippen MR) is 121 cm³/mol. The van der Waals surface area contributed by atoms with Gasteiger partial charge in [0, 0.05) is 40.6 Å². The molecular formula is C22H19Cl2N5O2. The van der Waals surface area contributed by atoms with E-state index in [4.69, 9.17) is 33.9 Å². The van der Waals surface area contributed by atoms with Gasteiger partial charge in [-0.3, -0.25) is 4.79 Å². The van der Waals surface area contributed by atoms with E-state index >= 15 is 0 Å². The molecule has 9 heteroatoms. The van der Waals surface area contributed by atoms with Crippen molar-refractivity contribution in [3.8, 4) is 11.3 Å². The number of urea groups is 1. The highest BCUT2D eigenvalue weighted by atomic mass is 35.5. The molecule has 3 N–H and O–H groups in total. The Balaban J connectivity index is 2.05. The van der Waals surface area contributed by atoms with Gasteiger partial charge in [-0.1, -0.05) is 41.9 Å². The molecule has 1 fully saturated rings. The summed E-state index contributed by atoms with van der Waals surface area (Å²) in [7, 11) is 0. The number of carbonyl (C=O) groups excluding carboxylic acids is 2. The Bertz CT molecular complexity index is 1200. The van der Waals surface area contributed by atoms with Crippen LogP contribution in [0.1, 0.15) is 5.82 Å². The zero-order valence-electron chi connectivity index (χ0n) is 16.4. The normalized spacial score (nSPS) is 18.7. The molecule has 1 aromatic heterocycles. The van der Waals surface area contributed by atoms with E-state index in [1.54, 1.807) is 24.3 Å². The third-order valence-electron chi connectivity index (χ3n) is 5.36. The highest BCUT2D eigenvalue weighted by Gasteiger charge is 2.50. The largest absolute Gasteiger partial charge is 0.351 e. The number of hydrogen-bond donors (Lipinski definition) is 2. The minimum Gasteiger partial charge on any atom is -0.351 e. The van der Waals surface area contributed by atoms with Gasteiger partial charge in [-0.15, -0.1) is 0 Å². The van der Waals surface area contributed by atoms with Crippen molar-refractivity contribution in [2.45, 2.75) is 5.54 Å². The lowest BCUT2D eigenvalue weighted by atomic mass is 9.87. The van der Waals surface area contributed by atoms with Gasteiger partial charge in [-0.05, 0) is 36.4 Å². The maximum absolute atomic E-state index is 13.2. The molecule has 158 valence electrons. The third kappa shape index (κ3) is 3.65. The highest BCUT2D eigenvalue weighted by Crippen LogP contribution is 2.35. The van der Waals surface area contributed by atoms with Crippen LogP contribution in [-0.4, -0.2) is 46.3 Å². The smallest absolute Gasteiger partial charge is 0.316 e. The Morgan fingerprint density at radius 2 is 1.84 bits per heavy atom. The number of ketones is 1. The number of fused-ring (bicyclic) bond motifs is 1. The zero-order chi connectivity index (χ0) is 22.2. The van der Waals surface area contributed by atoms with Gasteiger partial charge in [-0.25, -0.2) is 14.8 Å². The number of nitrogens with one attached hydrogen (secondary N) is 1. The standard InChI is InChI=1S/C22H19Cl2N5O2/c1-2-18(30)22(12-26-9-10-29(22)21(25)31)20-27-17-11-15(24)7-8-16(17)19(28-20)13-3-5-14(23)6-4-13/h2-8,11,26H,1,9-10,12H2,(H2,25,31)/t22-/m1/s1. The number of nitrogens with two attached hydrogens (primary N) is 1. The number of amides is 2. The number of halogens is 2. The molecule has 1 aliphatic heterocycles. The van der Waals surface area contributed by atoms with Crippen molar-refractivity contribution in [1.82, 2.24) is 20.2 Å². The van der Waals surface area contributed by atoms with Gasteiger partial charge >= 0.3 is 6.03 Å². The summed E-state index contributed by atoms with van der Waals surface area (Å²) in [5.41, 5.74) is 6.03. The number of nitrogens with zero attached hydrogens (tertiary/aromatic N) is 3. The van der Waals surface area contributed by atoms with Crippen LogP contribution < -0.4 is 11.1 Å². The first-order valence-electron chi connectivity index (χ1n) is 9.55. The molecule has 1 atom stereocenters. The van der Waals surface area contributed by atoms with E-state index in [-0.39, 0.29) is 18.9 Å². The summed E-state index contributed by atoms with van der Waals surface area (Å²) in [6, 6.07) is 11.7. The first-order valence-corrected chi connectivity index (χ1v) is 10.3. The molecule has 0 saturated carbocycles. The monoisotopic (exact) mass is 455 g/mol. The van der Waals surface area contributed by atoms with Gasteiger partial charge in [0.2, 0.25) is 0 Å². The molecule has 0 unspecified atom stereocenters. The molecule has 31 heavy (non-hydrogen) atoms. The SMILES string of the molecule is C=CC(=O)[C@@]1(c2nc(-c3ccc(Cl)cc3)c3ccc(Cl)cc3n2)CNCCN1C(N)=O. The van der Waals surface area contributed by atoms with Crippen LogP contribution in [0.2, 0.25) is 10.0 Å². The number of carbonyl (C=O) groups is 2. The predicted octanol–water partition coefficient (Wildman–Crippen LogP) is 3.54. The average Bonchev–Trinajstić information content (AvgIpc) is 2.77. The molecule has 0 spiro atoms. The van der Waals surface area contributed by atoms with E-state index in [0.29, 0.717) is 27.8 Å². The number of benzene rings is 2. The number of aromatic nitrogens is 2. The quantitative estimate of drug-likeness (QED) is 0.585. The Morgan fingerprint density at radius 3 is 2.52 bits per heavy atom. The topological polar surface area (TPSA) is 101 Å². The van der Waals surface area contributed by atoms with E-state index in [0.717, 1.165) is 17.0 Å². The second-order valence-corrected chi connectivity index (χ2v) is 8.03. The van der Waals surface area contributed by atoms with Crippen LogP contribution in [0.4, 0.5) is 4.79 Å². The number of piperazine rings is 1. The summed E-state index contributed by atoms with van der Waals surface area (Å²) in [6.07, 6.45) is 1.16. The number of rotatable bonds is 4. The Kier molecular flexibility index (Phi) is 5.66. The van der Waals surface area contributed by atoms with Crippen LogP contribution in [0.25, 0.3) is 22.2 Å². The fraction of sp³-hybridized carbons (Fsp3) is 0.182. The number of primary amides is 1. The van der Waals surface area contributed by atoms with E-state index in [1.807, 2.05) is 18.2 Å². The summed E-state index contributed by atoms with van der Waals surface area (Å²) in [5.74, 6) is -0.287. The van der Waals surface area contributed by atoms with Crippen molar-refractivity contribution in [1.29, 1.82) is 0 Å². The maximum atomic E-state index is 13.2. The fourth-order valence-electron chi connectivity index (χ4n) is 3.86. The highest BCUT2D eigenvalue weighted by molar-refractivity contribution is 6.31. The fourth-order valence-corrected chi connectivity index (χ4v) is 4.15. The molecule has 2 aromatic carbocycles. The van der Waals surface area contributed by atoms with E-state index in [2.05, 4.69) is 16.9 Å². The van der Waals surface area contributed by atoms with Crippen LogP contribution in [0.15, 0.2) is 55.1 Å². The van der Waals surface area contributed by atoms with Crippen molar-refractivity contribution in [2.75, 3.05) is 19.6 Å². The second kappa shape index (κ2) is 8.26. The molecule has 0 bridgehead atoms. The van der Waals surface area contributed by atoms with E-state index < -0.39 is 17.4 Å². The van der Waals surface area contributed by atoms with Gasteiger partial charge in [0.1, 0.15) is 0 Å². The molecular weight excluding hydrogens is 437 g/mol. The van der Waals surface area contributed by atoms with Crippen LogP contribution in [0.5, 0.6) is 0 Å². The Morgan fingerprint density at radius 1 is 1.13 bits per heavy atom. The van der Waals surface area contributed by atoms with E-state index in [1.165, 1.54) is 4.90 Å². The summed E-state index contributed by atoms with van der Waals surface area (Å²) >= 11 is 12.3. The van der Waals surface area contributed by atoms with E-state index in [9.17, 15) is 9.59 Å². The second-order valence-electron chi connectivity index (χ2n) is 7.16. The molecule has 0 radical (unpaired) electrons. The lowest BCUT2D eigenvalue weighted by molar-refractivity contribution is -0.126. The third-order valence-corrected chi connectivity index (χ3v) is 5.85. The lowest BCUT2D eigenvalue weighted by Gasteiger charge is -2.43. The maximum Gasteiger partial charge on any atom is 0.316 e. The van der Waals surface area contributed by atoms with Gasteiger partial charge < -0.3 is 16.0 Å². The molecule has 4 rings (SSSR count). The first-order chi connectivity index (χ1) is 14.9. The van der Waals surface area contributed by atoms with Gasteiger partial charge in [-0.2, -0.15) is 0 Å². The van der Waals surface area contributed by atoms with Gasteiger partial charge in [0.25, 0.3) is 0 Å². The van der Waals surface area contributed by atoms with Crippen molar-refractivity contribution in [3.63, 3.8) is 0 Å². The van der Waals surface area contributed by atoms with Crippen molar-refractivity contribution < 1.29 is 9.59 Å². The number of hydrogen-bond acceptors (Lipinski definition) is 5. The van der Waals surface area contributed by atoms with Crippen molar-refractivity contribution >= 4 is 45.9 Å². The van der Waals surface area contributed by atoms with Crippen LogP contribution >= 0.6 is 23.2 Å². The molecule has 3 aromatic rings. The minimum atomic E-state index is -1.52. The summed E-state index contributed by atoms with van der Waals surface area (Å²) in [4.78, 5) is 36.2. The summed E-state index contributed by atoms with van der Waals surface area (Å²) in [5, 5.41) is 4.97. The lowest BCUT2D eigenvalue weighted by Crippen LogP contribution is -2.66. The first kappa shape index (κ1) is 21.2. The average molecular weight is 456 g/mol. The molecule has 2 amide bonds. The molecule has 0 aliphatic carbocycles. The summed E-state index contributed by atoms with van der Waals surface area (Å²) < 4.78 is 0. The molecule has 1 saturated heterocycles. The molecule has 1 aliphatic rings. The van der Waals surface area contributed by atoms with Gasteiger partial charge in [0.15, 0.2) is 17.1 Å². The Hall–Kier alpha value is -3.00. The van der Waals surface area contributed by atoms with Crippen molar-refractivity contribution in [3.05, 3.63) is 71.0 Å². The Labute approximate surface area is 188 Å². The summed E-state index contributed by atoms with van der Waals surface area (Å²) in [6.45, 7) is 4.43. The minimum absolute atomic E-state index is 0.104. The molecule has 2 heterocycles. The zero-order valence-corrected chi connectivity index (χ0v) is 18.0. The molecule has 7 nitrogen and oxygen atoms in total. The van der Waals surface area contributed by atoms with Crippen LogP contribution in [-0.2, 0) is 10.3 Å². The van der Waals surface area contributed by atoms with Gasteiger partial charge in [0.05, 0.1) is 11.2 Å². The van der Waals surface area contributed by atoms with Crippen LogP contribution in [0, 0.1) is 0 Å². The van der Waals surface area contributed by atoms with Crippen molar-refractivity contribution in [2.24, 2.45) is 5.73 Å².